The lowest BCUT2D eigenvalue weighted by Crippen LogP contribution is -2.32. The predicted octanol–water partition coefficient (Wildman–Crippen LogP) is 3.27. The number of aryl methyl sites for hydroxylation is 1. The number of nitrogens with zero attached hydrogens (tertiary/aromatic N) is 1. The summed E-state index contributed by atoms with van der Waals surface area (Å²) in [6.45, 7) is 2.97. The van der Waals surface area contributed by atoms with Crippen LogP contribution in [0.1, 0.15) is 36.9 Å². The molecule has 3 nitrogen and oxygen atoms in total. The quantitative estimate of drug-likeness (QED) is 0.931. The summed E-state index contributed by atoms with van der Waals surface area (Å²) >= 11 is 0. The van der Waals surface area contributed by atoms with E-state index in [9.17, 15) is 0 Å². The summed E-state index contributed by atoms with van der Waals surface area (Å²) in [5.74, 6) is 0.915. The molecule has 3 heteroatoms. The van der Waals surface area contributed by atoms with Crippen molar-refractivity contribution in [2.45, 2.75) is 38.0 Å². The number of nitrogens with two attached hydrogens (primary N) is 1. The Morgan fingerprint density at radius 1 is 1.30 bits per heavy atom. The van der Waals surface area contributed by atoms with Gasteiger partial charge in [0.05, 0.1) is 12.6 Å². The molecule has 0 unspecified atom stereocenters. The maximum absolute atomic E-state index is 6.19. The van der Waals surface area contributed by atoms with Crippen LogP contribution in [0, 0.1) is 6.92 Å². The van der Waals surface area contributed by atoms with Crippen LogP contribution in [0.5, 0.6) is 5.75 Å². The first-order valence-corrected chi connectivity index (χ1v) is 7.46. The lowest BCUT2D eigenvalue weighted by atomic mass is 9.77. The minimum Gasteiger partial charge on any atom is -0.497 e. The van der Waals surface area contributed by atoms with E-state index in [4.69, 9.17) is 10.5 Å². The molecule has 108 valence electrons. The summed E-state index contributed by atoms with van der Waals surface area (Å²) in [7, 11) is 3.86. The van der Waals surface area contributed by atoms with E-state index in [0.29, 0.717) is 0 Å². The summed E-state index contributed by atoms with van der Waals surface area (Å²) in [5, 5.41) is 1.35. The van der Waals surface area contributed by atoms with E-state index in [1.165, 1.54) is 47.8 Å². The Hall–Kier alpha value is -1.48. The van der Waals surface area contributed by atoms with Gasteiger partial charge in [-0.3, -0.25) is 0 Å². The predicted molar refractivity (Wildman–Crippen MR) is 83.4 cm³/mol. The molecule has 1 aliphatic carbocycles. The Morgan fingerprint density at radius 3 is 2.60 bits per heavy atom. The second kappa shape index (κ2) is 4.81. The first-order valence-electron chi connectivity index (χ1n) is 7.46. The van der Waals surface area contributed by atoms with Gasteiger partial charge >= 0.3 is 0 Å². The highest BCUT2D eigenvalue weighted by molar-refractivity contribution is 5.88. The topological polar surface area (TPSA) is 40.2 Å². The monoisotopic (exact) mass is 272 g/mol. The van der Waals surface area contributed by atoms with Gasteiger partial charge in [-0.05, 0) is 37.5 Å². The lowest BCUT2D eigenvalue weighted by Gasteiger charge is -2.28. The van der Waals surface area contributed by atoms with E-state index >= 15 is 0 Å². The van der Waals surface area contributed by atoms with Crippen molar-refractivity contribution in [3.63, 3.8) is 0 Å². The molecule has 0 spiro atoms. The summed E-state index contributed by atoms with van der Waals surface area (Å²) in [4.78, 5) is 0. The van der Waals surface area contributed by atoms with Gasteiger partial charge in [-0.2, -0.15) is 0 Å². The van der Waals surface area contributed by atoms with Crippen molar-refractivity contribution in [3.8, 4) is 5.75 Å². The normalized spacial score (nSPS) is 17.8. The minimum atomic E-state index is 0.179. The van der Waals surface area contributed by atoms with E-state index in [1.54, 1.807) is 7.11 Å². The van der Waals surface area contributed by atoms with Crippen LogP contribution in [0.25, 0.3) is 10.9 Å². The van der Waals surface area contributed by atoms with Crippen LogP contribution in [-0.4, -0.2) is 18.2 Å². The highest BCUT2D eigenvalue weighted by atomic mass is 16.5. The highest BCUT2D eigenvalue weighted by Crippen LogP contribution is 2.45. The molecule has 0 amide bonds. The Labute approximate surface area is 120 Å². The molecule has 1 aliphatic rings. The highest BCUT2D eigenvalue weighted by Gasteiger charge is 2.38. The maximum atomic E-state index is 6.19. The minimum absolute atomic E-state index is 0.179. The number of benzene rings is 1. The standard InChI is InChI=1S/C17H24N2O/c1-12-16(17(11-18)8-4-5-9-17)14-7-6-13(20-3)10-15(14)19(12)2/h6-7,10H,4-5,8-9,11,18H2,1-3H3. The van der Waals surface area contributed by atoms with Crippen molar-refractivity contribution in [2.75, 3.05) is 13.7 Å². The number of ether oxygens (including phenoxy) is 1. The van der Waals surface area contributed by atoms with Gasteiger partial charge in [0.2, 0.25) is 0 Å². The molecule has 20 heavy (non-hydrogen) atoms. The van der Waals surface area contributed by atoms with E-state index < -0.39 is 0 Å². The summed E-state index contributed by atoms with van der Waals surface area (Å²) < 4.78 is 7.65. The van der Waals surface area contributed by atoms with Gasteiger partial charge in [-0.1, -0.05) is 12.8 Å². The fourth-order valence-corrected chi connectivity index (χ4v) is 3.95. The van der Waals surface area contributed by atoms with Crippen molar-refractivity contribution in [3.05, 3.63) is 29.5 Å². The van der Waals surface area contributed by atoms with Gasteiger partial charge in [0.25, 0.3) is 0 Å². The first kappa shape index (κ1) is 13.5. The second-order valence-electron chi connectivity index (χ2n) is 6.09. The van der Waals surface area contributed by atoms with Crippen LogP contribution in [0.2, 0.25) is 0 Å². The second-order valence-corrected chi connectivity index (χ2v) is 6.09. The molecular formula is C17H24N2O. The van der Waals surface area contributed by atoms with Crippen molar-refractivity contribution >= 4 is 10.9 Å². The number of hydrogen-bond acceptors (Lipinski definition) is 2. The molecule has 3 rings (SSSR count). The third-order valence-electron chi connectivity index (χ3n) is 5.18. The Balaban J connectivity index is 2.28. The average molecular weight is 272 g/mol. The molecule has 0 saturated heterocycles. The first-order chi connectivity index (χ1) is 9.63. The van der Waals surface area contributed by atoms with Crippen LogP contribution < -0.4 is 10.5 Å². The van der Waals surface area contributed by atoms with Crippen LogP contribution >= 0.6 is 0 Å². The summed E-state index contributed by atoms with van der Waals surface area (Å²) in [5.41, 5.74) is 10.4. The molecule has 1 saturated carbocycles. The lowest BCUT2D eigenvalue weighted by molar-refractivity contribution is 0.415. The van der Waals surface area contributed by atoms with Gasteiger partial charge in [0.1, 0.15) is 5.75 Å². The third kappa shape index (κ3) is 1.76. The number of methoxy groups -OCH3 is 1. The molecule has 0 atom stereocenters. The fourth-order valence-electron chi connectivity index (χ4n) is 3.95. The van der Waals surface area contributed by atoms with Gasteiger partial charge in [-0.25, -0.2) is 0 Å². The van der Waals surface area contributed by atoms with Gasteiger partial charge in [-0.15, -0.1) is 0 Å². The van der Waals surface area contributed by atoms with E-state index in [0.717, 1.165) is 12.3 Å². The van der Waals surface area contributed by atoms with E-state index in [2.05, 4.69) is 36.7 Å². The SMILES string of the molecule is COc1ccc2c(C3(CN)CCCC3)c(C)n(C)c2c1. The molecule has 0 aliphatic heterocycles. The number of rotatable bonds is 3. The maximum Gasteiger partial charge on any atom is 0.120 e. The fraction of sp³-hybridized carbons (Fsp3) is 0.529. The van der Waals surface area contributed by atoms with Crippen molar-refractivity contribution in [1.82, 2.24) is 4.57 Å². The van der Waals surface area contributed by atoms with Crippen molar-refractivity contribution in [1.29, 1.82) is 0 Å². The van der Waals surface area contributed by atoms with Crippen LogP contribution in [-0.2, 0) is 12.5 Å². The molecule has 1 fully saturated rings. The van der Waals surface area contributed by atoms with Gasteiger partial charge in [0, 0.05) is 36.2 Å². The van der Waals surface area contributed by atoms with Crippen LogP contribution in [0.3, 0.4) is 0 Å². The molecular weight excluding hydrogens is 248 g/mol. The third-order valence-corrected chi connectivity index (χ3v) is 5.18. The van der Waals surface area contributed by atoms with Crippen molar-refractivity contribution < 1.29 is 4.74 Å². The smallest absolute Gasteiger partial charge is 0.120 e. The number of fused-ring (bicyclic) bond motifs is 1. The molecule has 0 radical (unpaired) electrons. The van der Waals surface area contributed by atoms with E-state index in [1.807, 2.05) is 0 Å². The number of hydrogen-bond donors (Lipinski definition) is 1. The molecule has 2 aromatic rings. The Morgan fingerprint density at radius 2 is 2.00 bits per heavy atom. The average Bonchev–Trinajstić information content (AvgIpc) is 3.04. The molecule has 1 heterocycles. The molecule has 2 N–H and O–H groups in total. The van der Waals surface area contributed by atoms with Crippen LogP contribution in [0.4, 0.5) is 0 Å². The number of aromatic nitrogens is 1. The summed E-state index contributed by atoms with van der Waals surface area (Å²) in [6, 6.07) is 6.39. The zero-order chi connectivity index (χ0) is 14.3. The van der Waals surface area contributed by atoms with Crippen LogP contribution in [0.15, 0.2) is 18.2 Å². The molecule has 0 bridgehead atoms. The van der Waals surface area contributed by atoms with E-state index in [-0.39, 0.29) is 5.41 Å². The summed E-state index contributed by atoms with van der Waals surface area (Å²) in [6.07, 6.45) is 5.03. The van der Waals surface area contributed by atoms with Crippen molar-refractivity contribution in [2.24, 2.45) is 12.8 Å². The Kier molecular flexibility index (Phi) is 3.25. The largest absolute Gasteiger partial charge is 0.497 e. The van der Waals surface area contributed by atoms with Gasteiger partial charge < -0.3 is 15.0 Å². The zero-order valence-electron chi connectivity index (χ0n) is 12.7. The van der Waals surface area contributed by atoms with Gasteiger partial charge in [0.15, 0.2) is 0 Å². The molecule has 1 aromatic heterocycles. The Bertz CT molecular complexity index is 636. The molecule has 1 aromatic carbocycles. The zero-order valence-corrected chi connectivity index (χ0v) is 12.7.